The zero-order valence-electron chi connectivity index (χ0n) is 44.6. The minimum Gasteiger partial charge on any atom is -0.394 e. The highest BCUT2D eigenvalue weighted by molar-refractivity contribution is 5.80. The Hall–Kier alpha value is -1.43. The van der Waals surface area contributed by atoms with E-state index in [1.807, 2.05) is 6.08 Å². The lowest BCUT2D eigenvalue weighted by atomic mass is 10.0. The standard InChI is InChI=1S/C61H117NO4/c1-3-5-7-9-11-13-15-17-19-21-23-25-26-27-28-29-30-31-32-33-34-36-38-40-42-44-46-48-50-52-54-56-60(65)61(66)62-58(57-63)59(64)55-53-51-49-47-45-43-41-39-37-35-24-22-20-18-16-14-12-10-8-6-4-2/h37,39,45,47,53,55,58-60,63-65H,3-36,38,40-44,46,48-52,54,56-57H2,1-2H3,(H,62,66)/b39-37+,47-45+,55-53+. The van der Waals surface area contributed by atoms with Crippen LogP contribution in [0.2, 0.25) is 0 Å². The predicted octanol–water partition coefficient (Wildman–Crippen LogP) is 18.6. The van der Waals surface area contributed by atoms with Gasteiger partial charge in [0.2, 0.25) is 5.91 Å². The number of aliphatic hydroxyl groups is 3. The van der Waals surface area contributed by atoms with Gasteiger partial charge < -0.3 is 20.6 Å². The van der Waals surface area contributed by atoms with Crippen LogP contribution in [0.3, 0.4) is 0 Å². The lowest BCUT2D eigenvalue weighted by Crippen LogP contribution is -2.48. The summed E-state index contributed by atoms with van der Waals surface area (Å²) in [6.45, 7) is 4.20. The van der Waals surface area contributed by atoms with Gasteiger partial charge in [-0.05, 0) is 44.9 Å². The molecule has 0 aromatic heterocycles. The predicted molar refractivity (Wildman–Crippen MR) is 291 cm³/mol. The highest BCUT2D eigenvalue weighted by atomic mass is 16.3. The van der Waals surface area contributed by atoms with Crippen LogP contribution >= 0.6 is 0 Å². The van der Waals surface area contributed by atoms with Crippen molar-refractivity contribution in [1.29, 1.82) is 0 Å². The van der Waals surface area contributed by atoms with Crippen LogP contribution in [-0.4, -0.2) is 46.1 Å². The maximum absolute atomic E-state index is 12.6. The molecule has 5 heteroatoms. The number of rotatable bonds is 55. The third kappa shape index (κ3) is 50.4. The summed E-state index contributed by atoms with van der Waals surface area (Å²) in [5.41, 5.74) is 0. The zero-order chi connectivity index (χ0) is 47.9. The van der Waals surface area contributed by atoms with Gasteiger partial charge in [0.1, 0.15) is 6.10 Å². The molecule has 0 spiro atoms. The van der Waals surface area contributed by atoms with E-state index in [0.717, 1.165) is 44.9 Å². The molecule has 0 aliphatic heterocycles. The van der Waals surface area contributed by atoms with Crippen molar-refractivity contribution in [2.75, 3.05) is 6.61 Å². The monoisotopic (exact) mass is 928 g/mol. The number of nitrogens with one attached hydrogen (secondary N) is 1. The van der Waals surface area contributed by atoms with E-state index in [0.29, 0.717) is 6.42 Å². The van der Waals surface area contributed by atoms with Gasteiger partial charge in [0.25, 0.3) is 0 Å². The molecule has 0 bridgehead atoms. The summed E-state index contributed by atoms with van der Waals surface area (Å²) in [7, 11) is 0. The second-order valence-electron chi connectivity index (χ2n) is 20.5. The fourth-order valence-corrected chi connectivity index (χ4v) is 9.34. The Bertz CT molecular complexity index is 1020. The zero-order valence-corrected chi connectivity index (χ0v) is 44.6. The van der Waals surface area contributed by atoms with Crippen molar-refractivity contribution in [3.05, 3.63) is 36.5 Å². The van der Waals surface area contributed by atoms with Crippen molar-refractivity contribution < 1.29 is 20.1 Å². The number of allylic oxidation sites excluding steroid dienone is 5. The summed E-state index contributed by atoms with van der Waals surface area (Å²) >= 11 is 0. The van der Waals surface area contributed by atoms with Crippen molar-refractivity contribution in [3.8, 4) is 0 Å². The molecule has 0 radical (unpaired) electrons. The summed E-state index contributed by atoms with van der Waals surface area (Å²) in [4.78, 5) is 12.6. The van der Waals surface area contributed by atoms with Gasteiger partial charge in [-0.1, -0.05) is 314 Å². The van der Waals surface area contributed by atoms with E-state index >= 15 is 0 Å². The summed E-state index contributed by atoms with van der Waals surface area (Å²) in [6.07, 6.45) is 73.9. The maximum atomic E-state index is 12.6. The van der Waals surface area contributed by atoms with Gasteiger partial charge in [-0.25, -0.2) is 0 Å². The molecule has 0 saturated carbocycles. The summed E-state index contributed by atoms with van der Waals surface area (Å²) in [5, 5.41) is 33.4. The molecule has 4 N–H and O–H groups in total. The lowest BCUT2D eigenvalue weighted by Gasteiger charge is -2.21. The average Bonchev–Trinajstić information content (AvgIpc) is 3.32. The first-order valence-corrected chi connectivity index (χ1v) is 29.8. The fraction of sp³-hybridized carbons (Fsp3) is 0.885. The van der Waals surface area contributed by atoms with E-state index in [1.165, 1.54) is 257 Å². The molecule has 0 rings (SSSR count). The Morgan fingerprint density at radius 2 is 0.621 bits per heavy atom. The van der Waals surface area contributed by atoms with Crippen molar-refractivity contribution in [2.24, 2.45) is 0 Å². The Morgan fingerprint density at radius 3 is 0.924 bits per heavy atom. The van der Waals surface area contributed by atoms with Crippen molar-refractivity contribution >= 4 is 5.91 Å². The van der Waals surface area contributed by atoms with Gasteiger partial charge in [0, 0.05) is 0 Å². The molecule has 390 valence electrons. The van der Waals surface area contributed by atoms with E-state index in [4.69, 9.17) is 0 Å². The second kappa shape index (κ2) is 56.2. The summed E-state index contributed by atoms with van der Waals surface area (Å²) in [5.74, 6) is -0.511. The Labute approximate surface area is 413 Å². The number of unbranched alkanes of at least 4 members (excludes halogenated alkanes) is 43. The summed E-state index contributed by atoms with van der Waals surface area (Å²) < 4.78 is 0. The molecule has 0 heterocycles. The Balaban J connectivity index is 3.56. The molecule has 3 atom stereocenters. The lowest BCUT2D eigenvalue weighted by molar-refractivity contribution is -0.131. The minimum absolute atomic E-state index is 0.379. The molecule has 66 heavy (non-hydrogen) atoms. The van der Waals surface area contributed by atoms with Gasteiger partial charge in [-0.3, -0.25) is 4.79 Å². The van der Waals surface area contributed by atoms with Crippen LogP contribution in [0.15, 0.2) is 36.5 Å². The highest BCUT2D eigenvalue weighted by Gasteiger charge is 2.22. The number of hydrogen-bond donors (Lipinski definition) is 4. The van der Waals surface area contributed by atoms with Crippen LogP contribution in [0.25, 0.3) is 0 Å². The van der Waals surface area contributed by atoms with E-state index < -0.39 is 24.2 Å². The smallest absolute Gasteiger partial charge is 0.249 e. The summed E-state index contributed by atoms with van der Waals surface area (Å²) in [6, 6.07) is -0.820. The third-order valence-corrected chi connectivity index (χ3v) is 14.0. The first-order valence-electron chi connectivity index (χ1n) is 29.8. The molecule has 0 aromatic rings. The molecule has 0 aromatic carbocycles. The Morgan fingerprint density at radius 1 is 0.364 bits per heavy atom. The highest BCUT2D eigenvalue weighted by Crippen LogP contribution is 2.18. The average molecular weight is 929 g/mol. The second-order valence-corrected chi connectivity index (χ2v) is 20.5. The van der Waals surface area contributed by atoms with Gasteiger partial charge in [-0.2, -0.15) is 0 Å². The molecular weight excluding hydrogens is 811 g/mol. The number of amides is 1. The van der Waals surface area contributed by atoms with Crippen LogP contribution in [0.5, 0.6) is 0 Å². The number of carbonyl (C=O) groups excluding carboxylic acids is 1. The SMILES string of the molecule is CCCCCCCCCCCCC/C=C/CC/C=C/CC/C=C/C(O)C(CO)NC(=O)C(O)CCCCCCCCCCCCCCCCCCCCCCCCCCCCCCCCC. The molecule has 0 aliphatic carbocycles. The van der Waals surface area contributed by atoms with Gasteiger partial charge in [0.15, 0.2) is 0 Å². The maximum Gasteiger partial charge on any atom is 0.249 e. The van der Waals surface area contributed by atoms with Crippen LogP contribution in [0.1, 0.15) is 322 Å². The van der Waals surface area contributed by atoms with E-state index in [9.17, 15) is 20.1 Å². The first kappa shape index (κ1) is 64.6. The molecule has 5 nitrogen and oxygen atoms in total. The minimum atomic E-state index is -1.11. The van der Waals surface area contributed by atoms with Crippen LogP contribution in [0.4, 0.5) is 0 Å². The number of aliphatic hydroxyl groups excluding tert-OH is 3. The van der Waals surface area contributed by atoms with Crippen LogP contribution in [-0.2, 0) is 4.79 Å². The van der Waals surface area contributed by atoms with Gasteiger partial charge in [-0.15, -0.1) is 0 Å². The van der Waals surface area contributed by atoms with Crippen LogP contribution < -0.4 is 5.32 Å². The molecule has 0 aliphatic rings. The van der Waals surface area contributed by atoms with E-state index in [1.54, 1.807) is 6.08 Å². The largest absolute Gasteiger partial charge is 0.394 e. The first-order chi connectivity index (χ1) is 32.6. The van der Waals surface area contributed by atoms with Gasteiger partial charge >= 0.3 is 0 Å². The fourth-order valence-electron chi connectivity index (χ4n) is 9.34. The van der Waals surface area contributed by atoms with Crippen molar-refractivity contribution in [1.82, 2.24) is 5.32 Å². The third-order valence-electron chi connectivity index (χ3n) is 14.0. The molecule has 3 unspecified atom stereocenters. The van der Waals surface area contributed by atoms with Crippen molar-refractivity contribution in [3.63, 3.8) is 0 Å². The number of hydrogen-bond acceptors (Lipinski definition) is 4. The van der Waals surface area contributed by atoms with Crippen LogP contribution in [0, 0.1) is 0 Å². The number of carbonyl (C=O) groups is 1. The quantitative estimate of drug-likeness (QED) is 0.0361. The molecule has 0 saturated heterocycles. The topological polar surface area (TPSA) is 89.8 Å². The van der Waals surface area contributed by atoms with Gasteiger partial charge in [0.05, 0.1) is 18.8 Å². The Kier molecular flexibility index (Phi) is 54.9. The molecule has 1 amide bonds. The molecular formula is C61H117NO4. The molecule has 0 fully saturated rings. The van der Waals surface area contributed by atoms with Crippen molar-refractivity contribution in [2.45, 2.75) is 340 Å². The van der Waals surface area contributed by atoms with E-state index in [-0.39, 0.29) is 6.61 Å². The van der Waals surface area contributed by atoms with E-state index in [2.05, 4.69) is 43.5 Å². The normalized spacial score (nSPS) is 13.5.